The molecular weight excluding hydrogens is 190 g/mol. The fourth-order valence-electron chi connectivity index (χ4n) is 2.82. The van der Waals surface area contributed by atoms with Gasteiger partial charge in [0, 0.05) is 18.9 Å². The lowest BCUT2D eigenvalue weighted by Gasteiger charge is -2.37. The van der Waals surface area contributed by atoms with Gasteiger partial charge in [-0.2, -0.15) is 0 Å². The number of amides is 1. The number of nitrogens with zero attached hydrogens (tertiary/aromatic N) is 1. The van der Waals surface area contributed by atoms with E-state index in [0.717, 1.165) is 25.7 Å². The van der Waals surface area contributed by atoms with Crippen LogP contribution in [0.3, 0.4) is 0 Å². The molecule has 0 aromatic rings. The first kappa shape index (κ1) is 10.5. The third kappa shape index (κ3) is 1.63. The van der Waals surface area contributed by atoms with E-state index in [1.165, 1.54) is 0 Å². The monoisotopic (exact) mass is 207 g/mol. The Labute approximate surface area is 90.5 Å². The average Bonchev–Trinajstić information content (AvgIpc) is 2.84. The summed E-state index contributed by atoms with van der Waals surface area (Å²) in [6, 6.07) is 0. The van der Waals surface area contributed by atoms with Crippen LogP contribution in [0.25, 0.3) is 0 Å². The highest BCUT2D eigenvalue weighted by Gasteiger charge is 2.45. The van der Waals surface area contributed by atoms with Crippen LogP contribution in [0, 0.1) is 18.3 Å². The molecule has 2 rings (SSSR count). The summed E-state index contributed by atoms with van der Waals surface area (Å²) in [7, 11) is 0. The molecule has 1 aliphatic carbocycles. The van der Waals surface area contributed by atoms with Crippen molar-refractivity contribution in [1.82, 2.24) is 4.90 Å². The Hall–Kier alpha value is -1.01. The van der Waals surface area contributed by atoms with Crippen molar-refractivity contribution < 1.29 is 9.90 Å². The molecule has 3 nitrogen and oxygen atoms in total. The Morgan fingerprint density at radius 3 is 2.67 bits per heavy atom. The van der Waals surface area contributed by atoms with Crippen LogP contribution in [0.4, 0.5) is 0 Å². The van der Waals surface area contributed by atoms with Crippen LogP contribution in [0.2, 0.25) is 0 Å². The summed E-state index contributed by atoms with van der Waals surface area (Å²) in [4.78, 5) is 13.7. The van der Waals surface area contributed by atoms with Gasteiger partial charge in [0.1, 0.15) is 0 Å². The first-order valence-corrected chi connectivity index (χ1v) is 5.59. The Balaban J connectivity index is 2.16. The van der Waals surface area contributed by atoms with Crippen molar-refractivity contribution in [3.05, 3.63) is 0 Å². The number of carbonyl (C=O) groups is 1. The van der Waals surface area contributed by atoms with Crippen LogP contribution in [0.5, 0.6) is 0 Å². The highest BCUT2D eigenvalue weighted by atomic mass is 16.3. The van der Waals surface area contributed by atoms with Gasteiger partial charge in [-0.05, 0) is 12.8 Å². The van der Waals surface area contributed by atoms with E-state index in [0.29, 0.717) is 13.0 Å². The molecule has 1 saturated heterocycles. The van der Waals surface area contributed by atoms with Crippen LogP contribution in [-0.2, 0) is 4.79 Å². The fraction of sp³-hybridized carbons (Fsp3) is 0.750. The van der Waals surface area contributed by atoms with E-state index >= 15 is 0 Å². The lowest BCUT2D eigenvalue weighted by molar-refractivity contribution is -0.134. The zero-order chi connectivity index (χ0) is 10.9. The summed E-state index contributed by atoms with van der Waals surface area (Å²) in [5.74, 6) is 2.81. The van der Waals surface area contributed by atoms with Gasteiger partial charge in [0.2, 0.25) is 5.91 Å². The van der Waals surface area contributed by atoms with E-state index in [4.69, 9.17) is 6.42 Å². The van der Waals surface area contributed by atoms with Crippen molar-refractivity contribution in [2.75, 3.05) is 13.2 Å². The van der Waals surface area contributed by atoms with E-state index in [-0.39, 0.29) is 24.0 Å². The molecule has 0 spiro atoms. The SMILES string of the molecule is C#CC1CC(=O)N(C2(CO)CCCC2)C1. The third-order valence-corrected chi connectivity index (χ3v) is 3.76. The quantitative estimate of drug-likeness (QED) is 0.680. The maximum atomic E-state index is 11.8. The summed E-state index contributed by atoms with van der Waals surface area (Å²) in [5, 5.41) is 9.51. The minimum Gasteiger partial charge on any atom is -0.394 e. The topological polar surface area (TPSA) is 40.5 Å². The van der Waals surface area contributed by atoms with Crippen molar-refractivity contribution in [2.24, 2.45) is 5.92 Å². The predicted octanol–water partition coefficient (Wildman–Crippen LogP) is 0.773. The fourth-order valence-corrected chi connectivity index (χ4v) is 2.82. The molecule has 1 aliphatic heterocycles. The molecule has 1 N–H and O–H groups in total. The van der Waals surface area contributed by atoms with Gasteiger partial charge >= 0.3 is 0 Å². The van der Waals surface area contributed by atoms with Crippen molar-refractivity contribution in [3.63, 3.8) is 0 Å². The molecular formula is C12H17NO2. The number of carbonyl (C=O) groups excluding carboxylic acids is 1. The largest absolute Gasteiger partial charge is 0.394 e. The van der Waals surface area contributed by atoms with Crippen LogP contribution in [-0.4, -0.2) is 34.6 Å². The summed E-state index contributed by atoms with van der Waals surface area (Å²) >= 11 is 0. The van der Waals surface area contributed by atoms with E-state index in [1.807, 2.05) is 4.90 Å². The molecule has 1 amide bonds. The second-order valence-corrected chi connectivity index (χ2v) is 4.66. The van der Waals surface area contributed by atoms with Gasteiger partial charge < -0.3 is 10.0 Å². The number of rotatable bonds is 2. The predicted molar refractivity (Wildman–Crippen MR) is 56.9 cm³/mol. The summed E-state index contributed by atoms with van der Waals surface area (Å²) < 4.78 is 0. The number of terminal acetylenes is 1. The molecule has 1 unspecified atom stereocenters. The smallest absolute Gasteiger partial charge is 0.224 e. The molecule has 3 heteroatoms. The van der Waals surface area contributed by atoms with Crippen LogP contribution in [0.1, 0.15) is 32.1 Å². The standard InChI is InChI=1S/C12H17NO2/c1-2-10-7-11(15)13(8-10)12(9-14)5-3-4-6-12/h1,10,14H,3-9H2. The zero-order valence-electron chi connectivity index (χ0n) is 8.91. The van der Waals surface area contributed by atoms with Crippen molar-refractivity contribution in [1.29, 1.82) is 0 Å². The summed E-state index contributed by atoms with van der Waals surface area (Å²) in [5.41, 5.74) is -0.289. The van der Waals surface area contributed by atoms with Gasteiger partial charge in [-0.1, -0.05) is 12.8 Å². The lowest BCUT2D eigenvalue weighted by Crippen LogP contribution is -2.50. The van der Waals surface area contributed by atoms with Crippen molar-refractivity contribution in [2.45, 2.75) is 37.6 Å². The highest BCUT2D eigenvalue weighted by molar-refractivity contribution is 5.80. The summed E-state index contributed by atoms with van der Waals surface area (Å²) in [6.45, 7) is 0.714. The number of aliphatic hydroxyl groups excluding tert-OH is 1. The zero-order valence-corrected chi connectivity index (χ0v) is 8.91. The normalized spacial score (nSPS) is 29.5. The molecule has 0 aromatic heterocycles. The molecule has 0 aromatic carbocycles. The highest BCUT2D eigenvalue weighted by Crippen LogP contribution is 2.38. The maximum Gasteiger partial charge on any atom is 0.224 e. The minimum atomic E-state index is -0.289. The van der Waals surface area contributed by atoms with Crippen LogP contribution < -0.4 is 0 Å². The van der Waals surface area contributed by atoms with Crippen molar-refractivity contribution >= 4 is 5.91 Å². The van der Waals surface area contributed by atoms with E-state index in [2.05, 4.69) is 5.92 Å². The van der Waals surface area contributed by atoms with E-state index in [1.54, 1.807) is 0 Å². The van der Waals surface area contributed by atoms with Gasteiger partial charge in [0.25, 0.3) is 0 Å². The Morgan fingerprint density at radius 1 is 1.53 bits per heavy atom. The van der Waals surface area contributed by atoms with E-state index < -0.39 is 0 Å². The van der Waals surface area contributed by atoms with Gasteiger partial charge in [0.05, 0.1) is 12.1 Å². The number of likely N-dealkylation sites (tertiary alicyclic amines) is 1. The number of hydrogen-bond acceptors (Lipinski definition) is 2. The van der Waals surface area contributed by atoms with Gasteiger partial charge in [-0.3, -0.25) is 4.79 Å². The van der Waals surface area contributed by atoms with Crippen LogP contribution in [0.15, 0.2) is 0 Å². The number of aliphatic hydroxyl groups is 1. The molecule has 1 saturated carbocycles. The van der Waals surface area contributed by atoms with Gasteiger partial charge in [-0.15, -0.1) is 12.3 Å². The third-order valence-electron chi connectivity index (χ3n) is 3.76. The molecule has 82 valence electrons. The maximum absolute atomic E-state index is 11.8. The lowest BCUT2D eigenvalue weighted by atomic mass is 9.96. The second-order valence-electron chi connectivity index (χ2n) is 4.66. The Morgan fingerprint density at radius 2 is 2.20 bits per heavy atom. The Kier molecular flexibility index (Phi) is 2.70. The second kappa shape index (κ2) is 3.86. The van der Waals surface area contributed by atoms with E-state index in [9.17, 15) is 9.90 Å². The first-order chi connectivity index (χ1) is 7.22. The molecule has 1 heterocycles. The molecule has 2 fully saturated rings. The Bertz CT molecular complexity index is 299. The van der Waals surface area contributed by atoms with Gasteiger partial charge in [-0.25, -0.2) is 0 Å². The molecule has 15 heavy (non-hydrogen) atoms. The average molecular weight is 207 g/mol. The van der Waals surface area contributed by atoms with Gasteiger partial charge in [0.15, 0.2) is 0 Å². The van der Waals surface area contributed by atoms with Crippen LogP contribution >= 0.6 is 0 Å². The molecule has 2 aliphatic rings. The first-order valence-electron chi connectivity index (χ1n) is 5.59. The van der Waals surface area contributed by atoms with Crippen molar-refractivity contribution in [3.8, 4) is 12.3 Å². The molecule has 0 radical (unpaired) electrons. The number of hydrogen-bond donors (Lipinski definition) is 1. The molecule has 0 bridgehead atoms. The minimum absolute atomic E-state index is 0.0431. The summed E-state index contributed by atoms with van der Waals surface area (Å²) in [6.07, 6.45) is 9.86. The molecule has 1 atom stereocenters.